The number of halogens is 1. The third-order valence-corrected chi connectivity index (χ3v) is 3.43. The van der Waals surface area contributed by atoms with Gasteiger partial charge in [0.15, 0.2) is 0 Å². The standard InChI is InChI=1S/C15H24BrN3O/c1-11(2)10-19(8-7-18(3)4)15(20)13-6-5-12(16)9-14(13)17/h5-6,9,11H,7-8,10,17H2,1-4H3. The van der Waals surface area contributed by atoms with Crippen molar-refractivity contribution in [3.8, 4) is 0 Å². The van der Waals surface area contributed by atoms with Gasteiger partial charge in [0.2, 0.25) is 0 Å². The summed E-state index contributed by atoms with van der Waals surface area (Å²) in [6, 6.07) is 5.40. The smallest absolute Gasteiger partial charge is 0.255 e. The van der Waals surface area contributed by atoms with Gasteiger partial charge in [0.1, 0.15) is 0 Å². The molecule has 20 heavy (non-hydrogen) atoms. The highest BCUT2D eigenvalue weighted by atomic mass is 79.9. The van der Waals surface area contributed by atoms with Crippen LogP contribution in [0.5, 0.6) is 0 Å². The van der Waals surface area contributed by atoms with Crippen LogP contribution in [0.15, 0.2) is 22.7 Å². The topological polar surface area (TPSA) is 49.6 Å². The minimum absolute atomic E-state index is 0.00514. The third-order valence-electron chi connectivity index (χ3n) is 2.93. The maximum Gasteiger partial charge on any atom is 0.255 e. The van der Waals surface area contributed by atoms with Crippen molar-refractivity contribution in [2.45, 2.75) is 13.8 Å². The van der Waals surface area contributed by atoms with Crippen molar-refractivity contribution in [3.63, 3.8) is 0 Å². The molecule has 0 spiro atoms. The summed E-state index contributed by atoms with van der Waals surface area (Å²) < 4.78 is 0.884. The van der Waals surface area contributed by atoms with Gasteiger partial charge in [0, 0.05) is 29.8 Å². The number of amides is 1. The summed E-state index contributed by atoms with van der Waals surface area (Å²) in [5.74, 6) is 0.434. The minimum Gasteiger partial charge on any atom is -0.398 e. The molecule has 0 heterocycles. The Labute approximate surface area is 130 Å². The van der Waals surface area contributed by atoms with Crippen molar-refractivity contribution in [3.05, 3.63) is 28.2 Å². The zero-order valence-corrected chi connectivity index (χ0v) is 14.3. The second kappa shape index (κ2) is 7.64. The molecule has 0 fully saturated rings. The number of likely N-dealkylation sites (N-methyl/N-ethyl adjacent to an activating group) is 1. The molecule has 0 radical (unpaired) electrons. The number of benzene rings is 1. The van der Waals surface area contributed by atoms with Crippen molar-refractivity contribution in [1.82, 2.24) is 9.80 Å². The fraction of sp³-hybridized carbons (Fsp3) is 0.533. The van der Waals surface area contributed by atoms with Crippen LogP contribution < -0.4 is 5.73 Å². The SMILES string of the molecule is CC(C)CN(CCN(C)C)C(=O)c1ccc(Br)cc1N. The number of nitrogen functional groups attached to an aromatic ring is 1. The largest absolute Gasteiger partial charge is 0.398 e. The van der Waals surface area contributed by atoms with Gasteiger partial charge in [-0.25, -0.2) is 0 Å². The minimum atomic E-state index is 0.00514. The van der Waals surface area contributed by atoms with Crippen LogP contribution in [0.3, 0.4) is 0 Å². The molecule has 0 aliphatic rings. The molecule has 0 saturated carbocycles. The van der Waals surface area contributed by atoms with Crippen molar-refractivity contribution >= 4 is 27.5 Å². The fourth-order valence-corrected chi connectivity index (χ4v) is 2.31. The van der Waals surface area contributed by atoms with Crippen molar-refractivity contribution in [2.75, 3.05) is 39.5 Å². The third kappa shape index (κ3) is 5.13. The van der Waals surface area contributed by atoms with Crippen LogP contribution in [-0.4, -0.2) is 49.4 Å². The Kier molecular flexibility index (Phi) is 6.49. The second-order valence-electron chi connectivity index (χ2n) is 5.68. The molecule has 0 aliphatic heterocycles. The molecule has 0 unspecified atom stereocenters. The molecule has 0 aromatic heterocycles. The summed E-state index contributed by atoms with van der Waals surface area (Å²) in [4.78, 5) is 16.6. The normalized spacial score (nSPS) is 11.2. The Morgan fingerprint density at radius 1 is 1.30 bits per heavy atom. The van der Waals surface area contributed by atoms with E-state index in [9.17, 15) is 4.79 Å². The van der Waals surface area contributed by atoms with E-state index < -0.39 is 0 Å². The molecule has 4 nitrogen and oxygen atoms in total. The number of rotatable bonds is 6. The van der Waals surface area contributed by atoms with Gasteiger partial charge in [-0.15, -0.1) is 0 Å². The first kappa shape index (κ1) is 17.0. The number of hydrogen-bond donors (Lipinski definition) is 1. The van der Waals surface area contributed by atoms with E-state index in [1.807, 2.05) is 25.1 Å². The molecular formula is C15H24BrN3O. The molecule has 1 rings (SSSR count). The molecule has 0 aliphatic carbocycles. The summed E-state index contributed by atoms with van der Waals surface area (Å²) in [6.45, 7) is 6.51. The summed E-state index contributed by atoms with van der Waals surface area (Å²) in [5.41, 5.74) is 7.05. The highest BCUT2D eigenvalue weighted by molar-refractivity contribution is 9.10. The van der Waals surface area contributed by atoms with E-state index in [1.165, 1.54) is 0 Å². The number of anilines is 1. The lowest BCUT2D eigenvalue weighted by atomic mass is 10.1. The Morgan fingerprint density at radius 2 is 1.95 bits per heavy atom. The van der Waals surface area contributed by atoms with E-state index in [1.54, 1.807) is 12.1 Å². The van der Waals surface area contributed by atoms with Gasteiger partial charge >= 0.3 is 0 Å². The Bertz CT molecular complexity index is 460. The molecule has 1 amide bonds. The fourth-order valence-electron chi connectivity index (χ4n) is 1.94. The quantitative estimate of drug-likeness (QED) is 0.809. The number of nitrogens with two attached hydrogens (primary N) is 1. The molecule has 1 aromatic rings. The maximum absolute atomic E-state index is 12.6. The molecular weight excluding hydrogens is 318 g/mol. The zero-order chi connectivity index (χ0) is 15.3. The first-order valence-corrected chi connectivity index (χ1v) is 7.59. The molecule has 0 saturated heterocycles. The van der Waals surface area contributed by atoms with Crippen molar-refractivity contribution in [1.29, 1.82) is 0 Å². The first-order chi connectivity index (χ1) is 9.31. The van der Waals surface area contributed by atoms with Crippen LogP contribution in [0.1, 0.15) is 24.2 Å². The van der Waals surface area contributed by atoms with E-state index in [-0.39, 0.29) is 5.91 Å². The number of hydrogen-bond acceptors (Lipinski definition) is 3. The van der Waals surface area contributed by atoms with Gasteiger partial charge in [0.05, 0.1) is 5.56 Å². The van der Waals surface area contributed by atoms with Gasteiger partial charge in [-0.2, -0.15) is 0 Å². The Balaban J connectivity index is 2.90. The summed E-state index contributed by atoms with van der Waals surface area (Å²) in [7, 11) is 4.01. The van der Waals surface area contributed by atoms with Crippen LogP contribution in [0, 0.1) is 5.92 Å². The van der Waals surface area contributed by atoms with Crippen LogP contribution in [0.2, 0.25) is 0 Å². The zero-order valence-electron chi connectivity index (χ0n) is 12.7. The van der Waals surface area contributed by atoms with E-state index in [4.69, 9.17) is 5.73 Å². The van der Waals surface area contributed by atoms with Gasteiger partial charge in [-0.05, 0) is 38.2 Å². The Morgan fingerprint density at radius 3 is 2.45 bits per heavy atom. The molecule has 5 heteroatoms. The molecule has 112 valence electrons. The number of carbonyl (C=O) groups is 1. The number of nitrogens with zero attached hydrogens (tertiary/aromatic N) is 2. The van der Waals surface area contributed by atoms with E-state index >= 15 is 0 Å². The summed E-state index contributed by atoms with van der Waals surface area (Å²) in [5, 5.41) is 0. The molecule has 1 aromatic carbocycles. The predicted molar refractivity (Wildman–Crippen MR) is 87.8 cm³/mol. The van der Waals surface area contributed by atoms with E-state index in [0.29, 0.717) is 23.7 Å². The van der Waals surface area contributed by atoms with Crippen molar-refractivity contribution in [2.24, 2.45) is 5.92 Å². The molecule has 0 bridgehead atoms. The van der Waals surface area contributed by atoms with Gasteiger partial charge in [-0.3, -0.25) is 4.79 Å². The average Bonchev–Trinajstić information content (AvgIpc) is 2.33. The van der Waals surface area contributed by atoms with Crippen LogP contribution in [-0.2, 0) is 0 Å². The van der Waals surface area contributed by atoms with Crippen molar-refractivity contribution < 1.29 is 4.79 Å². The van der Waals surface area contributed by atoms with Gasteiger partial charge < -0.3 is 15.5 Å². The van der Waals surface area contributed by atoms with Gasteiger partial charge in [-0.1, -0.05) is 29.8 Å². The maximum atomic E-state index is 12.6. The lowest BCUT2D eigenvalue weighted by Gasteiger charge is -2.26. The summed E-state index contributed by atoms with van der Waals surface area (Å²) in [6.07, 6.45) is 0. The first-order valence-electron chi connectivity index (χ1n) is 6.80. The van der Waals surface area contributed by atoms with E-state index in [2.05, 4.69) is 34.7 Å². The predicted octanol–water partition coefficient (Wildman–Crippen LogP) is 2.69. The van der Waals surface area contributed by atoms with Crippen LogP contribution in [0.4, 0.5) is 5.69 Å². The summed E-state index contributed by atoms with van der Waals surface area (Å²) >= 11 is 3.36. The van der Waals surface area contributed by atoms with Crippen LogP contribution >= 0.6 is 15.9 Å². The monoisotopic (exact) mass is 341 g/mol. The average molecular weight is 342 g/mol. The lowest BCUT2D eigenvalue weighted by molar-refractivity contribution is 0.0726. The molecule has 0 atom stereocenters. The van der Waals surface area contributed by atoms with Crippen LogP contribution in [0.25, 0.3) is 0 Å². The highest BCUT2D eigenvalue weighted by Gasteiger charge is 2.19. The Hall–Kier alpha value is -1.07. The van der Waals surface area contributed by atoms with Gasteiger partial charge in [0.25, 0.3) is 5.91 Å². The highest BCUT2D eigenvalue weighted by Crippen LogP contribution is 2.20. The second-order valence-corrected chi connectivity index (χ2v) is 6.60. The van der Waals surface area contributed by atoms with E-state index in [0.717, 1.165) is 17.6 Å². The lowest BCUT2D eigenvalue weighted by Crippen LogP contribution is -2.39. The number of carbonyl (C=O) groups excluding carboxylic acids is 1. The molecule has 2 N–H and O–H groups in total.